The Morgan fingerprint density at radius 2 is 2.29 bits per heavy atom. The lowest BCUT2D eigenvalue weighted by Crippen LogP contribution is -2.45. The van der Waals surface area contributed by atoms with E-state index in [2.05, 4.69) is 31.1 Å². The number of furan rings is 1. The molecule has 1 aliphatic rings. The summed E-state index contributed by atoms with van der Waals surface area (Å²) in [6.07, 6.45) is 3.90. The lowest BCUT2D eigenvalue weighted by Gasteiger charge is -2.40. The zero-order chi connectivity index (χ0) is 17.2. The molecule has 1 aliphatic heterocycles. The van der Waals surface area contributed by atoms with Crippen LogP contribution in [0.15, 0.2) is 28.2 Å². The molecule has 130 valence electrons. The predicted molar refractivity (Wildman–Crippen MR) is 94.1 cm³/mol. The number of nitrogens with one attached hydrogen (secondary N) is 1. The average Bonchev–Trinajstić information content (AvgIpc) is 3.22. The predicted octanol–water partition coefficient (Wildman–Crippen LogP) is 3.97. The molecule has 2 unspecified atom stereocenters. The van der Waals surface area contributed by atoms with Crippen molar-refractivity contribution in [2.24, 2.45) is 11.3 Å². The number of hydrogen-bond donors (Lipinski definition) is 1. The second-order valence-corrected chi connectivity index (χ2v) is 8.14. The number of hydrogen-bond acceptors (Lipinski definition) is 5. The van der Waals surface area contributed by atoms with Gasteiger partial charge < -0.3 is 14.5 Å². The van der Waals surface area contributed by atoms with Gasteiger partial charge in [0.2, 0.25) is 0 Å². The van der Waals surface area contributed by atoms with Gasteiger partial charge in [-0.05, 0) is 30.4 Å². The van der Waals surface area contributed by atoms with E-state index in [1.807, 2.05) is 12.1 Å². The first-order chi connectivity index (χ1) is 11.4. The molecule has 1 amide bonds. The molecule has 0 saturated carbocycles. The van der Waals surface area contributed by atoms with E-state index < -0.39 is 0 Å². The van der Waals surface area contributed by atoms with E-state index in [1.165, 1.54) is 11.3 Å². The van der Waals surface area contributed by atoms with Crippen molar-refractivity contribution in [3.63, 3.8) is 0 Å². The van der Waals surface area contributed by atoms with Crippen LogP contribution in [0.1, 0.15) is 44.1 Å². The Morgan fingerprint density at radius 3 is 3.00 bits per heavy atom. The summed E-state index contributed by atoms with van der Waals surface area (Å²) in [5.74, 6) is 0.890. The summed E-state index contributed by atoms with van der Waals surface area (Å²) in [6.45, 7) is 8.00. The molecule has 0 spiro atoms. The fourth-order valence-electron chi connectivity index (χ4n) is 3.22. The Labute approximate surface area is 146 Å². The van der Waals surface area contributed by atoms with Crippen LogP contribution >= 0.6 is 11.3 Å². The molecule has 0 radical (unpaired) electrons. The average molecular weight is 348 g/mol. The van der Waals surface area contributed by atoms with Gasteiger partial charge in [-0.1, -0.05) is 20.8 Å². The van der Waals surface area contributed by atoms with Crippen LogP contribution in [0.4, 0.5) is 0 Å². The summed E-state index contributed by atoms with van der Waals surface area (Å²) in [5.41, 5.74) is 0.513. The maximum atomic E-state index is 12.4. The number of carbonyl (C=O) groups is 1. The standard InChI is InChI=1S/C18H24N2O3S/c1-18(2,3)15-12(6-4-9-23-15)10-19-16(21)13-11-24-17(20-13)14-7-5-8-22-14/h5,7-8,11-12,15H,4,6,9-10H2,1-3H3,(H,19,21). The summed E-state index contributed by atoms with van der Waals surface area (Å²) >= 11 is 1.41. The summed E-state index contributed by atoms with van der Waals surface area (Å²) in [6, 6.07) is 3.65. The molecule has 24 heavy (non-hydrogen) atoms. The third-order valence-electron chi connectivity index (χ3n) is 4.29. The maximum absolute atomic E-state index is 12.4. The third kappa shape index (κ3) is 3.87. The number of carbonyl (C=O) groups excluding carboxylic acids is 1. The molecule has 0 aliphatic carbocycles. The van der Waals surface area contributed by atoms with E-state index in [9.17, 15) is 4.79 Å². The highest BCUT2D eigenvalue weighted by Gasteiger charge is 2.35. The number of ether oxygens (including phenoxy) is 1. The molecule has 3 rings (SSSR count). The second-order valence-electron chi connectivity index (χ2n) is 7.28. The summed E-state index contributed by atoms with van der Waals surface area (Å²) < 4.78 is 11.3. The molecule has 3 heterocycles. The van der Waals surface area contributed by atoms with E-state index >= 15 is 0 Å². The normalized spacial score (nSPS) is 21.6. The minimum atomic E-state index is -0.137. The molecular weight excluding hydrogens is 324 g/mol. The van der Waals surface area contributed by atoms with Gasteiger partial charge in [-0.3, -0.25) is 4.79 Å². The molecule has 1 N–H and O–H groups in total. The minimum absolute atomic E-state index is 0.0723. The number of amides is 1. The van der Waals surface area contributed by atoms with Gasteiger partial charge in [-0.15, -0.1) is 11.3 Å². The first-order valence-corrected chi connectivity index (χ1v) is 9.22. The minimum Gasteiger partial charge on any atom is -0.462 e. The zero-order valence-corrected chi connectivity index (χ0v) is 15.2. The molecule has 1 fully saturated rings. The molecule has 2 atom stereocenters. The van der Waals surface area contributed by atoms with Gasteiger partial charge in [0.25, 0.3) is 5.91 Å². The Hall–Kier alpha value is -1.66. The number of nitrogens with zero attached hydrogens (tertiary/aromatic N) is 1. The van der Waals surface area contributed by atoms with Crippen molar-refractivity contribution in [1.29, 1.82) is 0 Å². The van der Waals surface area contributed by atoms with Crippen molar-refractivity contribution in [2.75, 3.05) is 13.2 Å². The van der Waals surface area contributed by atoms with Crippen molar-refractivity contribution in [3.8, 4) is 10.8 Å². The van der Waals surface area contributed by atoms with Gasteiger partial charge >= 0.3 is 0 Å². The molecule has 6 heteroatoms. The van der Waals surface area contributed by atoms with Crippen LogP contribution in [0.25, 0.3) is 10.8 Å². The Balaban J connectivity index is 1.61. The fourth-order valence-corrected chi connectivity index (χ4v) is 3.98. The monoisotopic (exact) mass is 348 g/mol. The maximum Gasteiger partial charge on any atom is 0.270 e. The molecule has 2 aromatic heterocycles. The van der Waals surface area contributed by atoms with Gasteiger partial charge in [0, 0.05) is 24.4 Å². The van der Waals surface area contributed by atoms with Crippen molar-refractivity contribution < 1.29 is 13.9 Å². The Bertz CT molecular complexity index is 673. The molecular formula is C18H24N2O3S. The first-order valence-electron chi connectivity index (χ1n) is 8.34. The highest BCUT2D eigenvalue weighted by molar-refractivity contribution is 7.13. The van der Waals surface area contributed by atoms with Crippen molar-refractivity contribution in [1.82, 2.24) is 10.3 Å². The van der Waals surface area contributed by atoms with Crippen LogP contribution in [0, 0.1) is 11.3 Å². The molecule has 1 saturated heterocycles. The lowest BCUT2D eigenvalue weighted by molar-refractivity contribution is -0.0839. The quantitative estimate of drug-likeness (QED) is 0.908. The summed E-state index contributed by atoms with van der Waals surface area (Å²) in [7, 11) is 0. The topological polar surface area (TPSA) is 64.4 Å². The largest absolute Gasteiger partial charge is 0.462 e. The van der Waals surface area contributed by atoms with E-state index in [0.717, 1.165) is 24.5 Å². The van der Waals surface area contributed by atoms with E-state index in [0.29, 0.717) is 23.9 Å². The Morgan fingerprint density at radius 1 is 1.46 bits per heavy atom. The summed E-state index contributed by atoms with van der Waals surface area (Å²) in [4.78, 5) is 16.8. The molecule has 0 bridgehead atoms. The molecule has 2 aromatic rings. The van der Waals surface area contributed by atoms with Crippen molar-refractivity contribution in [3.05, 3.63) is 29.5 Å². The number of rotatable bonds is 4. The summed E-state index contributed by atoms with van der Waals surface area (Å²) in [5, 5.41) is 5.51. The van der Waals surface area contributed by atoms with Gasteiger partial charge in [-0.2, -0.15) is 0 Å². The van der Waals surface area contributed by atoms with Gasteiger partial charge in [0.05, 0.1) is 12.4 Å². The third-order valence-corrected chi connectivity index (χ3v) is 5.15. The number of thiazole rings is 1. The van der Waals surface area contributed by atoms with Crippen LogP contribution in [0.5, 0.6) is 0 Å². The van der Waals surface area contributed by atoms with E-state index in [1.54, 1.807) is 11.6 Å². The first kappa shape index (κ1) is 17.2. The van der Waals surface area contributed by atoms with Gasteiger partial charge in [0.1, 0.15) is 5.69 Å². The molecule has 5 nitrogen and oxygen atoms in total. The SMILES string of the molecule is CC(C)(C)C1OCCCC1CNC(=O)c1csc(-c2ccco2)n1. The van der Waals surface area contributed by atoms with Crippen molar-refractivity contribution in [2.45, 2.75) is 39.7 Å². The fraction of sp³-hybridized carbons (Fsp3) is 0.556. The Kier molecular flexibility index (Phi) is 5.06. The van der Waals surface area contributed by atoms with Crippen molar-refractivity contribution >= 4 is 17.2 Å². The molecule has 0 aromatic carbocycles. The van der Waals surface area contributed by atoms with Crippen LogP contribution in [-0.2, 0) is 4.74 Å². The van der Waals surface area contributed by atoms with Gasteiger partial charge in [-0.25, -0.2) is 4.98 Å². The van der Waals surface area contributed by atoms with E-state index in [4.69, 9.17) is 9.15 Å². The zero-order valence-electron chi connectivity index (χ0n) is 14.4. The van der Waals surface area contributed by atoms with Crippen LogP contribution < -0.4 is 5.32 Å². The van der Waals surface area contributed by atoms with Crippen LogP contribution in [-0.4, -0.2) is 30.1 Å². The van der Waals surface area contributed by atoms with Crippen LogP contribution in [0.2, 0.25) is 0 Å². The lowest BCUT2D eigenvalue weighted by atomic mass is 9.78. The van der Waals surface area contributed by atoms with Gasteiger partial charge in [0.15, 0.2) is 10.8 Å². The van der Waals surface area contributed by atoms with E-state index in [-0.39, 0.29) is 17.4 Å². The number of aromatic nitrogens is 1. The second kappa shape index (κ2) is 7.07. The smallest absolute Gasteiger partial charge is 0.270 e. The van der Waals surface area contributed by atoms with Crippen LogP contribution in [0.3, 0.4) is 0 Å². The highest BCUT2D eigenvalue weighted by Crippen LogP contribution is 2.33. The highest BCUT2D eigenvalue weighted by atomic mass is 32.1.